The van der Waals surface area contributed by atoms with E-state index in [1.807, 2.05) is 0 Å². The van der Waals surface area contributed by atoms with E-state index in [1.165, 1.54) is 205 Å². The fourth-order valence-corrected chi connectivity index (χ4v) is 13.5. The van der Waals surface area contributed by atoms with Crippen molar-refractivity contribution < 1.29 is 80.2 Å². The predicted molar refractivity (Wildman–Crippen MR) is 395 cm³/mol. The molecule has 6 atom stereocenters. The van der Waals surface area contributed by atoms with E-state index in [2.05, 4.69) is 48.5 Å². The zero-order valence-corrected chi connectivity index (χ0v) is 65.3. The molecule has 0 aromatic rings. The van der Waals surface area contributed by atoms with Crippen LogP contribution in [0.25, 0.3) is 0 Å². The lowest BCUT2D eigenvalue weighted by Crippen LogP contribution is -2.30. The van der Waals surface area contributed by atoms with Gasteiger partial charge in [0, 0.05) is 25.7 Å². The number of aliphatic hydroxyl groups is 1. The maximum absolute atomic E-state index is 13.1. The molecule has 3 unspecified atom stereocenters. The van der Waals surface area contributed by atoms with Gasteiger partial charge in [0.15, 0.2) is 12.2 Å². The Morgan fingerprint density at radius 1 is 0.299 bits per heavy atom. The third-order valence-corrected chi connectivity index (χ3v) is 20.4. The topological polar surface area (TPSA) is 237 Å². The van der Waals surface area contributed by atoms with Crippen molar-refractivity contribution in [3.8, 4) is 0 Å². The minimum absolute atomic E-state index is 0.104. The fourth-order valence-electron chi connectivity index (χ4n) is 11.9. The van der Waals surface area contributed by atoms with Crippen LogP contribution in [0.5, 0.6) is 0 Å². The summed E-state index contributed by atoms with van der Waals surface area (Å²) >= 11 is 0. The first-order chi connectivity index (χ1) is 46.8. The van der Waals surface area contributed by atoms with E-state index in [0.29, 0.717) is 31.6 Å². The lowest BCUT2D eigenvalue weighted by Gasteiger charge is -2.21. The summed E-state index contributed by atoms with van der Waals surface area (Å²) in [5.74, 6) is 0.171. The van der Waals surface area contributed by atoms with E-state index in [4.69, 9.17) is 37.0 Å². The number of carbonyl (C=O) groups is 4. The molecule has 97 heavy (non-hydrogen) atoms. The SMILES string of the molecule is CCCCCCCCCCCCCCCCCCCC(=O)OC[C@H](COP(=O)(O)OC[C@@H](O)COP(=O)(O)OC[C@@H](COC(=O)CCCCCCCCCC(C)C)OC(=O)CCCCCCCCCCCC(C)C)OC(=O)CCCCCCCCCCCCCCCCC(C)CC. The van der Waals surface area contributed by atoms with Gasteiger partial charge in [0.1, 0.15) is 19.3 Å². The Kier molecular flexibility index (Phi) is 67.1. The Labute approximate surface area is 594 Å². The number of ether oxygens (including phenoxy) is 4. The van der Waals surface area contributed by atoms with E-state index in [0.717, 1.165) is 108 Å². The highest BCUT2D eigenvalue weighted by Crippen LogP contribution is 2.45. The fraction of sp³-hybridized carbons (Fsp3) is 0.949. The van der Waals surface area contributed by atoms with E-state index >= 15 is 0 Å². The zero-order valence-electron chi connectivity index (χ0n) is 63.5. The number of carbonyl (C=O) groups excluding carboxylic acids is 4. The summed E-state index contributed by atoms with van der Waals surface area (Å²) in [6, 6.07) is 0. The molecule has 19 heteroatoms. The number of rotatable bonds is 76. The van der Waals surface area contributed by atoms with Gasteiger partial charge in [0.05, 0.1) is 26.4 Å². The standard InChI is InChI=1S/C78H152O17P2/c1-8-10-11-12-13-14-15-16-17-18-19-23-26-31-38-45-52-59-75(80)88-65-73(94-77(82)61-54-47-39-32-27-24-21-20-22-25-30-37-44-51-58-71(7)9-2)67-92-96(84,85)90-63-72(79)64-91-97(86,87)93-68-74(66-89-76(81)60-53-46-41-34-36-43-50-57-70(5)6)95-78(83)62-55-48-40-33-28-29-35-42-49-56-69(3)4/h69-74,79H,8-68H2,1-7H3,(H,84,85)(H,86,87)/t71?,72-,73-,74-/m1/s1. The quantitative estimate of drug-likeness (QED) is 0.0222. The molecule has 0 saturated carbocycles. The highest BCUT2D eigenvalue weighted by Gasteiger charge is 2.30. The minimum Gasteiger partial charge on any atom is -0.462 e. The maximum Gasteiger partial charge on any atom is 0.472 e. The van der Waals surface area contributed by atoms with Gasteiger partial charge in [-0.15, -0.1) is 0 Å². The highest BCUT2D eigenvalue weighted by molar-refractivity contribution is 7.47. The van der Waals surface area contributed by atoms with Crippen LogP contribution in [-0.4, -0.2) is 96.7 Å². The van der Waals surface area contributed by atoms with E-state index in [9.17, 15) is 43.2 Å². The average molecular weight is 1420 g/mol. The second-order valence-electron chi connectivity index (χ2n) is 29.3. The Bertz CT molecular complexity index is 1890. The molecule has 0 bridgehead atoms. The summed E-state index contributed by atoms with van der Waals surface area (Å²) in [6.45, 7) is 11.9. The molecule has 0 rings (SSSR count). The lowest BCUT2D eigenvalue weighted by atomic mass is 9.99. The van der Waals surface area contributed by atoms with Gasteiger partial charge >= 0.3 is 39.5 Å². The van der Waals surface area contributed by atoms with Crippen LogP contribution in [-0.2, 0) is 65.4 Å². The molecule has 0 aliphatic carbocycles. The second kappa shape index (κ2) is 68.5. The summed E-state index contributed by atoms with van der Waals surface area (Å²) in [6.07, 6.45) is 55.5. The Balaban J connectivity index is 5.24. The Hall–Kier alpha value is -1.94. The number of unbranched alkanes of at least 4 members (excludes halogenated alkanes) is 43. The molecule has 0 spiro atoms. The van der Waals surface area contributed by atoms with Crippen LogP contribution in [0, 0.1) is 17.8 Å². The minimum atomic E-state index is -4.96. The van der Waals surface area contributed by atoms with Crippen molar-refractivity contribution >= 4 is 39.5 Å². The van der Waals surface area contributed by atoms with E-state index < -0.39 is 97.5 Å². The van der Waals surface area contributed by atoms with Crippen LogP contribution in [0.1, 0.15) is 402 Å². The molecule has 17 nitrogen and oxygen atoms in total. The molecular weight excluding hydrogens is 1270 g/mol. The van der Waals surface area contributed by atoms with Crippen LogP contribution in [0.15, 0.2) is 0 Å². The maximum atomic E-state index is 13.1. The smallest absolute Gasteiger partial charge is 0.462 e. The van der Waals surface area contributed by atoms with Crippen molar-refractivity contribution in [3.05, 3.63) is 0 Å². The molecule has 576 valence electrons. The molecule has 0 amide bonds. The van der Waals surface area contributed by atoms with Crippen LogP contribution < -0.4 is 0 Å². The first-order valence-corrected chi connectivity index (χ1v) is 43.4. The molecule has 0 fully saturated rings. The number of esters is 4. The number of aliphatic hydroxyl groups excluding tert-OH is 1. The molecule has 0 aromatic heterocycles. The van der Waals surface area contributed by atoms with Crippen molar-refractivity contribution in [1.82, 2.24) is 0 Å². The van der Waals surface area contributed by atoms with Gasteiger partial charge in [0.25, 0.3) is 0 Å². The van der Waals surface area contributed by atoms with Gasteiger partial charge in [-0.25, -0.2) is 9.13 Å². The molecular formula is C78H152O17P2. The molecule has 0 heterocycles. The van der Waals surface area contributed by atoms with Crippen molar-refractivity contribution in [3.63, 3.8) is 0 Å². The van der Waals surface area contributed by atoms with Crippen LogP contribution in [0.2, 0.25) is 0 Å². The normalized spacial score (nSPS) is 14.3. The molecule has 0 aliphatic rings. The van der Waals surface area contributed by atoms with Crippen molar-refractivity contribution in [2.24, 2.45) is 17.8 Å². The second-order valence-corrected chi connectivity index (χ2v) is 32.2. The molecule has 0 aromatic carbocycles. The van der Waals surface area contributed by atoms with Crippen LogP contribution >= 0.6 is 15.6 Å². The predicted octanol–water partition coefficient (Wildman–Crippen LogP) is 23.0. The molecule has 0 aliphatic heterocycles. The van der Waals surface area contributed by atoms with Crippen molar-refractivity contribution in [2.45, 2.75) is 420 Å². The molecule has 0 radical (unpaired) electrons. The monoisotopic (exact) mass is 1420 g/mol. The van der Waals surface area contributed by atoms with E-state index in [1.54, 1.807) is 0 Å². The largest absolute Gasteiger partial charge is 0.472 e. The van der Waals surface area contributed by atoms with Gasteiger partial charge in [0.2, 0.25) is 0 Å². The van der Waals surface area contributed by atoms with Gasteiger partial charge in [-0.05, 0) is 43.4 Å². The Morgan fingerprint density at radius 3 is 0.784 bits per heavy atom. The number of hydrogen-bond donors (Lipinski definition) is 3. The highest BCUT2D eigenvalue weighted by atomic mass is 31.2. The van der Waals surface area contributed by atoms with Gasteiger partial charge in [-0.3, -0.25) is 37.3 Å². The van der Waals surface area contributed by atoms with Gasteiger partial charge in [-0.2, -0.15) is 0 Å². The van der Waals surface area contributed by atoms with Crippen LogP contribution in [0.4, 0.5) is 0 Å². The zero-order chi connectivity index (χ0) is 71.6. The number of phosphoric ester groups is 2. The average Bonchev–Trinajstić information content (AvgIpc) is 1.81. The van der Waals surface area contributed by atoms with Gasteiger partial charge < -0.3 is 33.8 Å². The molecule has 3 N–H and O–H groups in total. The number of phosphoric acid groups is 2. The van der Waals surface area contributed by atoms with Crippen molar-refractivity contribution in [2.75, 3.05) is 39.6 Å². The summed E-state index contributed by atoms with van der Waals surface area (Å²) in [5.41, 5.74) is 0. The molecule has 0 saturated heterocycles. The third kappa shape index (κ3) is 70.9. The first-order valence-electron chi connectivity index (χ1n) is 40.4. The number of hydrogen-bond acceptors (Lipinski definition) is 15. The van der Waals surface area contributed by atoms with Crippen molar-refractivity contribution in [1.29, 1.82) is 0 Å². The summed E-state index contributed by atoms with van der Waals surface area (Å²) < 4.78 is 68.6. The summed E-state index contributed by atoms with van der Waals surface area (Å²) in [4.78, 5) is 72.9. The summed E-state index contributed by atoms with van der Waals surface area (Å²) in [7, 11) is -9.92. The summed E-state index contributed by atoms with van der Waals surface area (Å²) in [5, 5.41) is 10.6. The van der Waals surface area contributed by atoms with Crippen LogP contribution in [0.3, 0.4) is 0 Å². The third-order valence-electron chi connectivity index (χ3n) is 18.5. The Morgan fingerprint density at radius 2 is 0.526 bits per heavy atom. The van der Waals surface area contributed by atoms with Gasteiger partial charge in [-0.1, -0.05) is 350 Å². The van der Waals surface area contributed by atoms with E-state index in [-0.39, 0.29) is 25.7 Å². The lowest BCUT2D eigenvalue weighted by molar-refractivity contribution is -0.161. The first kappa shape index (κ1) is 95.1.